The molecule has 186 valence electrons. The Morgan fingerprint density at radius 2 is 0.710 bits per heavy atom. The molecule has 0 heterocycles. The van der Waals surface area contributed by atoms with E-state index in [-0.39, 0.29) is 7.92 Å². The van der Waals surface area contributed by atoms with Crippen molar-refractivity contribution >= 4 is 7.92 Å². The largest absolute Gasteiger partial charge is 0.0833 e. The fraction of sp³-hybridized carbons (Fsp3) is 0.933. The maximum absolute atomic E-state index is 2.75. The van der Waals surface area contributed by atoms with E-state index < -0.39 is 0 Å². The third-order valence-electron chi connectivity index (χ3n) is 6.87. The standard InChI is InChI=1S/C30H61P/c1-5-9-11-13-15-17-19-21-23-25-27-31(29-30(7-3)8-4)28-26-24-22-20-18-16-14-12-10-6-2/h29H,5-28H2,1-4H3. The summed E-state index contributed by atoms with van der Waals surface area (Å²) in [7, 11) is 0.157. The van der Waals surface area contributed by atoms with Crippen molar-refractivity contribution < 1.29 is 0 Å². The molecule has 0 aliphatic rings. The van der Waals surface area contributed by atoms with Crippen molar-refractivity contribution in [1.29, 1.82) is 0 Å². The Bertz CT molecular complexity index is 329. The first kappa shape index (κ1) is 31.2. The summed E-state index contributed by atoms with van der Waals surface area (Å²) >= 11 is 0. The van der Waals surface area contributed by atoms with Crippen LogP contribution in [0.3, 0.4) is 0 Å². The van der Waals surface area contributed by atoms with Crippen molar-refractivity contribution in [3.63, 3.8) is 0 Å². The summed E-state index contributed by atoms with van der Waals surface area (Å²) in [4.78, 5) is 0. The van der Waals surface area contributed by atoms with E-state index >= 15 is 0 Å². The summed E-state index contributed by atoms with van der Waals surface area (Å²) in [5.74, 6) is 2.75. The summed E-state index contributed by atoms with van der Waals surface area (Å²) < 4.78 is 0. The second-order valence-corrected chi connectivity index (χ2v) is 12.2. The predicted octanol–water partition coefficient (Wildman–Crippen LogP) is 12.0. The molecule has 0 aromatic carbocycles. The topological polar surface area (TPSA) is 0 Å². The van der Waals surface area contributed by atoms with Crippen LogP contribution in [0.5, 0.6) is 0 Å². The maximum atomic E-state index is 2.75. The lowest BCUT2D eigenvalue weighted by Crippen LogP contribution is -1.92. The van der Waals surface area contributed by atoms with Gasteiger partial charge in [0.15, 0.2) is 0 Å². The molecular formula is C30H61P. The molecule has 0 amide bonds. The molecule has 0 radical (unpaired) electrons. The molecule has 0 rings (SSSR count). The van der Waals surface area contributed by atoms with E-state index in [9.17, 15) is 0 Å². The van der Waals surface area contributed by atoms with E-state index in [2.05, 4.69) is 33.5 Å². The van der Waals surface area contributed by atoms with Gasteiger partial charge in [-0.05, 0) is 38.0 Å². The van der Waals surface area contributed by atoms with Gasteiger partial charge in [-0.15, -0.1) is 0 Å². The molecule has 0 fully saturated rings. The maximum Gasteiger partial charge on any atom is -0.0291 e. The van der Waals surface area contributed by atoms with Crippen molar-refractivity contribution in [3.8, 4) is 0 Å². The highest BCUT2D eigenvalue weighted by Gasteiger charge is 2.06. The average molecular weight is 453 g/mol. The Kier molecular flexibility index (Phi) is 26.6. The van der Waals surface area contributed by atoms with E-state index in [0.717, 1.165) is 0 Å². The van der Waals surface area contributed by atoms with Crippen LogP contribution in [0, 0.1) is 0 Å². The highest BCUT2D eigenvalue weighted by Crippen LogP contribution is 2.42. The number of unbranched alkanes of at least 4 members (excludes halogenated alkanes) is 18. The quantitative estimate of drug-likeness (QED) is 0.0954. The first-order valence-electron chi connectivity index (χ1n) is 14.7. The second kappa shape index (κ2) is 26.4. The Morgan fingerprint density at radius 3 is 1.00 bits per heavy atom. The first-order chi connectivity index (χ1) is 15.3. The van der Waals surface area contributed by atoms with Gasteiger partial charge in [0.05, 0.1) is 0 Å². The van der Waals surface area contributed by atoms with Crippen LogP contribution in [-0.4, -0.2) is 12.3 Å². The summed E-state index contributed by atoms with van der Waals surface area (Å²) in [5.41, 5.74) is 1.73. The molecule has 0 atom stereocenters. The minimum Gasteiger partial charge on any atom is -0.0833 e. The molecule has 0 bridgehead atoms. The third-order valence-corrected chi connectivity index (χ3v) is 9.38. The van der Waals surface area contributed by atoms with Gasteiger partial charge in [0.1, 0.15) is 0 Å². The van der Waals surface area contributed by atoms with Crippen LogP contribution in [-0.2, 0) is 0 Å². The summed E-state index contributed by atoms with van der Waals surface area (Å²) in [6.45, 7) is 9.32. The normalized spacial score (nSPS) is 11.4. The Hall–Kier alpha value is 0.170. The fourth-order valence-corrected chi connectivity index (χ4v) is 7.16. The molecule has 0 unspecified atom stereocenters. The molecule has 0 aliphatic carbocycles. The van der Waals surface area contributed by atoms with Crippen molar-refractivity contribution in [3.05, 3.63) is 11.4 Å². The van der Waals surface area contributed by atoms with Crippen LogP contribution in [0.1, 0.15) is 169 Å². The van der Waals surface area contributed by atoms with Gasteiger partial charge in [0.25, 0.3) is 0 Å². The van der Waals surface area contributed by atoms with Gasteiger partial charge in [0.2, 0.25) is 0 Å². The Balaban J connectivity index is 3.85. The van der Waals surface area contributed by atoms with Crippen LogP contribution < -0.4 is 0 Å². The molecule has 31 heavy (non-hydrogen) atoms. The van der Waals surface area contributed by atoms with E-state index in [1.54, 1.807) is 5.57 Å². The van der Waals surface area contributed by atoms with Crippen LogP contribution in [0.4, 0.5) is 0 Å². The number of hydrogen-bond acceptors (Lipinski definition) is 0. The number of hydrogen-bond donors (Lipinski definition) is 0. The Labute approximate surface area is 200 Å². The lowest BCUT2D eigenvalue weighted by molar-refractivity contribution is 0.561. The van der Waals surface area contributed by atoms with Crippen molar-refractivity contribution in [2.24, 2.45) is 0 Å². The molecule has 0 aromatic rings. The molecule has 0 aromatic heterocycles. The van der Waals surface area contributed by atoms with Gasteiger partial charge in [-0.3, -0.25) is 0 Å². The fourth-order valence-electron chi connectivity index (χ4n) is 4.54. The summed E-state index contributed by atoms with van der Waals surface area (Å²) in [6.07, 6.45) is 34.8. The van der Waals surface area contributed by atoms with Crippen LogP contribution in [0.2, 0.25) is 0 Å². The van der Waals surface area contributed by atoms with Gasteiger partial charge in [0, 0.05) is 0 Å². The molecule has 0 nitrogen and oxygen atoms in total. The van der Waals surface area contributed by atoms with Gasteiger partial charge in [-0.2, -0.15) is 0 Å². The van der Waals surface area contributed by atoms with Crippen molar-refractivity contribution in [1.82, 2.24) is 0 Å². The predicted molar refractivity (Wildman–Crippen MR) is 149 cm³/mol. The molecule has 0 spiro atoms. The SMILES string of the molecule is CCCCCCCCCCCCP(C=C(CC)CC)CCCCCCCCCCCC. The first-order valence-corrected chi connectivity index (χ1v) is 16.5. The van der Waals surface area contributed by atoms with Crippen LogP contribution in [0.25, 0.3) is 0 Å². The minimum absolute atomic E-state index is 0.157. The molecule has 0 aliphatic heterocycles. The lowest BCUT2D eigenvalue weighted by Gasteiger charge is -2.16. The average Bonchev–Trinajstić information content (AvgIpc) is 2.79. The molecule has 0 saturated heterocycles. The van der Waals surface area contributed by atoms with Crippen LogP contribution in [0.15, 0.2) is 11.4 Å². The number of rotatable bonds is 25. The second-order valence-electron chi connectivity index (χ2n) is 9.89. The Morgan fingerprint density at radius 1 is 0.419 bits per heavy atom. The molecule has 0 saturated carbocycles. The van der Waals surface area contributed by atoms with E-state index in [0.29, 0.717) is 0 Å². The van der Waals surface area contributed by atoms with Gasteiger partial charge in [-0.25, -0.2) is 0 Å². The molecular weight excluding hydrogens is 391 g/mol. The molecule has 1 heteroatoms. The van der Waals surface area contributed by atoms with Crippen molar-refractivity contribution in [2.75, 3.05) is 12.3 Å². The zero-order chi connectivity index (χ0) is 22.8. The molecule has 0 N–H and O–H groups in total. The smallest absolute Gasteiger partial charge is 0.0291 e. The third kappa shape index (κ3) is 23.1. The van der Waals surface area contributed by atoms with Gasteiger partial charge >= 0.3 is 0 Å². The monoisotopic (exact) mass is 452 g/mol. The highest BCUT2D eigenvalue weighted by atomic mass is 31.1. The lowest BCUT2D eigenvalue weighted by atomic mass is 10.1. The van der Waals surface area contributed by atoms with E-state index in [1.165, 1.54) is 154 Å². The highest BCUT2D eigenvalue weighted by molar-refractivity contribution is 7.60. The van der Waals surface area contributed by atoms with Crippen molar-refractivity contribution in [2.45, 2.75) is 169 Å². The van der Waals surface area contributed by atoms with E-state index in [4.69, 9.17) is 0 Å². The van der Waals surface area contributed by atoms with Crippen LogP contribution >= 0.6 is 7.92 Å². The van der Waals surface area contributed by atoms with Gasteiger partial charge < -0.3 is 0 Å². The zero-order valence-electron chi connectivity index (χ0n) is 22.5. The zero-order valence-corrected chi connectivity index (χ0v) is 23.4. The minimum atomic E-state index is 0.157. The number of allylic oxidation sites excluding steroid dienone is 1. The summed E-state index contributed by atoms with van der Waals surface area (Å²) in [5, 5.41) is 0. The summed E-state index contributed by atoms with van der Waals surface area (Å²) in [6, 6.07) is 0. The van der Waals surface area contributed by atoms with Gasteiger partial charge in [-0.1, -0.05) is 163 Å². The van der Waals surface area contributed by atoms with E-state index in [1.807, 2.05) is 0 Å².